The van der Waals surface area contributed by atoms with Crippen molar-refractivity contribution in [1.29, 1.82) is 0 Å². The first-order valence-corrected chi connectivity index (χ1v) is 11.0. The number of fused-ring (bicyclic) bond motifs is 2. The lowest BCUT2D eigenvalue weighted by atomic mass is 10.2. The van der Waals surface area contributed by atoms with E-state index in [2.05, 4.69) is 78.8 Å². The molecule has 1 fully saturated rings. The van der Waals surface area contributed by atoms with Gasteiger partial charge >= 0.3 is 0 Å². The van der Waals surface area contributed by atoms with Crippen LogP contribution in [-0.2, 0) is 6.54 Å². The number of hydrogen-bond donors (Lipinski definition) is 1. The molecular weight excluding hydrogens is 398 g/mol. The molecule has 158 valence electrons. The van der Waals surface area contributed by atoms with E-state index in [1.165, 1.54) is 18.4 Å². The summed E-state index contributed by atoms with van der Waals surface area (Å²) in [6, 6.07) is 18.8. The normalized spacial score (nSPS) is 13.8. The van der Waals surface area contributed by atoms with Gasteiger partial charge < -0.3 is 10.2 Å². The van der Waals surface area contributed by atoms with Crippen LogP contribution in [0, 0.1) is 0 Å². The van der Waals surface area contributed by atoms with Crippen LogP contribution in [0.1, 0.15) is 18.4 Å². The Morgan fingerprint density at radius 3 is 2.62 bits per heavy atom. The zero-order chi connectivity index (χ0) is 21.3. The lowest BCUT2D eigenvalue weighted by molar-refractivity contribution is 0.712. The minimum atomic E-state index is 0.750. The minimum Gasteiger partial charge on any atom is -0.357 e. The minimum absolute atomic E-state index is 0.750. The van der Waals surface area contributed by atoms with Crippen LogP contribution in [0.5, 0.6) is 0 Å². The Balaban J connectivity index is 1.31. The maximum Gasteiger partial charge on any atom is 0.141 e. The average molecular weight is 422 g/mol. The largest absolute Gasteiger partial charge is 0.357 e. The zero-order valence-corrected chi connectivity index (χ0v) is 17.6. The molecule has 1 aliphatic heterocycles. The van der Waals surface area contributed by atoms with Crippen LogP contribution in [0.4, 0.5) is 17.3 Å². The van der Waals surface area contributed by atoms with E-state index in [9.17, 15) is 0 Å². The van der Waals surface area contributed by atoms with Gasteiger partial charge in [-0.2, -0.15) is 5.10 Å². The predicted octanol–water partition coefficient (Wildman–Crippen LogP) is 4.77. The maximum atomic E-state index is 4.61. The molecular formula is C25H23N7. The number of anilines is 3. The van der Waals surface area contributed by atoms with E-state index >= 15 is 0 Å². The van der Waals surface area contributed by atoms with Crippen LogP contribution in [-0.4, -0.2) is 37.8 Å². The summed E-state index contributed by atoms with van der Waals surface area (Å²) in [5.74, 6) is 1.78. The highest BCUT2D eigenvalue weighted by Gasteiger charge is 2.15. The van der Waals surface area contributed by atoms with E-state index in [4.69, 9.17) is 0 Å². The lowest BCUT2D eigenvalue weighted by Crippen LogP contribution is -2.18. The first-order chi connectivity index (χ1) is 15.8. The Morgan fingerprint density at radius 2 is 1.75 bits per heavy atom. The molecule has 2 aromatic carbocycles. The van der Waals surface area contributed by atoms with Gasteiger partial charge in [-0.1, -0.05) is 30.3 Å². The van der Waals surface area contributed by atoms with Crippen LogP contribution in [0.25, 0.3) is 21.8 Å². The molecule has 0 spiro atoms. The zero-order valence-electron chi connectivity index (χ0n) is 17.6. The van der Waals surface area contributed by atoms with Crippen molar-refractivity contribution < 1.29 is 0 Å². The second kappa shape index (κ2) is 7.92. The molecule has 6 rings (SSSR count). The fraction of sp³-hybridized carbons (Fsp3) is 0.200. The summed E-state index contributed by atoms with van der Waals surface area (Å²) in [7, 11) is 0. The van der Waals surface area contributed by atoms with Crippen molar-refractivity contribution in [2.24, 2.45) is 0 Å². The number of benzene rings is 2. The molecule has 0 unspecified atom stereocenters. The second-order valence-electron chi connectivity index (χ2n) is 8.16. The van der Waals surface area contributed by atoms with E-state index < -0.39 is 0 Å². The summed E-state index contributed by atoms with van der Waals surface area (Å²) in [5, 5.41) is 10.1. The number of hydrogen-bond acceptors (Lipinski definition) is 6. The molecule has 3 aromatic heterocycles. The van der Waals surface area contributed by atoms with Gasteiger partial charge in [0.05, 0.1) is 30.0 Å². The highest BCUT2D eigenvalue weighted by atomic mass is 15.3. The van der Waals surface area contributed by atoms with Crippen molar-refractivity contribution >= 4 is 39.1 Å². The highest BCUT2D eigenvalue weighted by molar-refractivity contribution is 5.93. The summed E-state index contributed by atoms with van der Waals surface area (Å²) in [6.45, 7) is 2.86. The third kappa shape index (κ3) is 3.51. The van der Waals surface area contributed by atoms with Crippen LogP contribution < -0.4 is 10.2 Å². The number of nitrogens with one attached hydrogen (secondary N) is 1. The standard InChI is InChI=1S/C25H23N7/c1-2-6-18(7-3-1)16-32-23-9-8-20(12-19(23)14-29-32)30-25-21-13-24(31-10-4-5-11-31)26-15-22(21)27-17-28-25/h1-3,6-9,12-15,17H,4-5,10-11,16H2,(H,27,28,30). The molecule has 0 radical (unpaired) electrons. The third-order valence-corrected chi connectivity index (χ3v) is 6.02. The van der Waals surface area contributed by atoms with Gasteiger partial charge in [0.2, 0.25) is 0 Å². The molecule has 1 N–H and O–H groups in total. The smallest absolute Gasteiger partial charge is 0.141 e. The number of aromatic nitrogens is 5. The first-order valence-electron chi connectivity index (χ1n) is 11.0. The van der Waals surface area contributed by atoms with Crippen molar-refractivity contribution in [3.8, 4) is 0 Å². The Bertz CT molecular complexity index is 1390. The van der Waals surface area contributed by atoms with Crippen LogP contribution in [0.3, 0.4) is 0 Å². The molecule has 5 aromatic rings. The third-order valence-electron chi connectivity index (χ3n) is 6.02. The van der Waals surface area contributed by atoms with Crippen molar-refractivity contribution in [2.45, 2.75) is 19.4 Å². The van der Waals surface area contributed by atoms with Gasteiger partial charge in [0, 0.05) is 29.5 Å². The summed E-state index contributed by atoms with van der Waals surface area (Å²) in [4.78, 5) is 15.9. The van der Waals surface area contributed by atoms with Crippen LogP contribution >= 0.6 is 0 Å². The van der Waals surface area contributed by atoms with Gasteiger partial charge in [-0.05, 0) is 42.7 Å². The van der Waals surface area contributed by atoms with Gasteiger partial charge in [-0.3, -0.25) is 4.68 Å². The van der Waals surface area contributed by atoms with Crippen molar-refractivity contribution in [3.63, 3.8) is 0 Å². The molecule has 0 bridgehead atoms. The summed E-state index contributed by atoms with van der Waals surface area (Å²) in [6.07, 6.45) is 7.77. The SMILES string of the molecule is c1ccc(Cn2ncc3cc(Nc4ncnc5cnc(N6CCCC6)cc45)ccc32)cc1. The van der Waals surface area contributed by atoms with Gasteiger partial charge in [0.15, 0.2) is 0 Å². The molecule has 1 aliphatic rings. The fourth-order valence-electron chi connectivity index (χ4n) is 4.35. The quantitative estimate of drug-likeness (QED) is 0.441. The summed E-state index contributed by atoms with van der Waals surface area (Å²) in [5.41, 5.74) is 4.14. The van der Waals surface area contributed by atoms with Crippen LogP contribution in [0.2, 0.25) is 0 Å². The molecule has 32 heavy (non-hydrogen) atoms. The van der Waals surface area contributed by atoms with Gasteiger partial charge in [0.25, 0.3) is 0 Å². The van der Waals surface area contributed by atoms with E-state index in [0.717, 1.165) is 58.8 Å². The molecule has 4 heterocycles. The Labute approximate surface area is 185 Å². The fourth-order valence-corrected chi connectivity index (χ4v) is 4.35. The molecule has 0 aliphatic carbocycles. The van der Waals surface area contributed by atoms with Crippen molar-refractivity contribution in [2.75, 3.05) is 23.3 Å². The number of rotatable bonds is 5. The van der Waals surface area contributed by atoms with E-state index in [1.54, 1.807) is 6.33 Å². The summed E-state index contributed by atoms with van der Waals surface area (Å²) >= 11 is 0. The Kier molecular flexibility index (Phi) is 4.64. The maximum absolute atomic E-state index is 4.61. The second-order valence-corrected chi connectivity index (χ2v) is 8.16. The first kappa shape index (κ1) is 18.7. The molecule has 7 heteroatoms. The number of nitrogens with zero attached hydrogens (tertiary/aromatic N) is 6. The molecule has 1 saturated heterocycles. The van der Waals surface area contributed by atoms with Gasteiger partial charge in [-0.25, -0.2) is 15.0 Å². The average Bonchev–Trinajstić information content (AvgIpc) is 3.50. The lowest BCUT2D eigenvalue weighted by Gasteiger charge is -2.17. The number of pyridine rings is 1. The highest BCUT2D eigenvalue weighted by Crippen LogP contribution is 2.28. The summed E-state index contributed by atoms with van der Waals surface area (Å²) < 4.78 is 2.03. The Hall–Kier alpha value is -4.00. The molecule has 7 nitrogen and oxygen atoms in total. The Morgan fingerprint density at radius 1 is 0.875 bits per heavy atom. The van der Waals surface area contributed by atoms with Crippen molar-refractivity contribution in [3.05, 3.63) is 78.9 Å². The van der Waals surface area contributed by atoms with Crippen molar-refractivity contribution in [1.82, 2.24) is 24.7 Å². The van der Waals surface area contributed by atoms with Crippen LogP contribution in [0.15, 0.2) is 73.3 Å². The van der Waals surface area contributed by atoms with E-state index in [-0.39, 0.29) is 0 Å². The molecule has 0 saturated carbocycles. The van der Waals surface area contributed by atoms with Gasteiger partial charge in [0.1, 0.15) is 18.0 Å². The monoisotopic (exact) mass is 421 g/mol. The predicted molar refractivity (Wildman–Crippen MR) is 127 cm³/mol. The van der Waals surface area contributed by atoms with Gasteiger partial charge in [-0.15, -0.1) is 0 Å². The van der Waals surface area contributed by atoms with E-state index in [1.807, 2.05) is 23.1 Å². The van der Waals surface area contributed by atoms with E-state index in [0.29, 0.717) is 0 Å². The topological polar surface area (TPSA) is 71.8 Å². The molecule has 0 amide bonds. The molecule has 0 atom stereocenters.